The minimum Gasteiger partial charge on any atom is -0.391 e. The fourth-order valence-corrected chi connectivity index (χ4v) is 4.27. The van der Waals surface area contributed by atoms with Crippen molar-refractivity contribution >= 4 is 15.8 Å². The van der Waals surface area contributed by atoms with Crippen LogP contribution in [0.25, 0.3) is 0 Å². The van der Waals surface area contributed by atoms with Gasteiger partial charge in [0, 0.05) is 25.2 Å². The van der Waals surface area contributed by atoms with E-state index in [1.54, 1.807) is 6.07 Å². The number of nitrogens with one attached hydrogen (secondary N) is 1. The Morgan fingerprint density at radius 2 is 2.04 bits per heavy atom. The highest BCUT2D eigenvalue weighted by Crippen LogP contribution is 2.29. The molecule has 0 amide bonds. The first kappa shape index (κ1) is 18.3. The Balaban J connectivity index is 1.84. The molecule has 3 unspecified atom stereocenters. The zero-order valence-corrected chi connectivity index (χ0v) is 15.3. The van der Waals surface area contributed by atoms with E-state index in [0.717, 1.165) is 44.9 Å². The third-order valence-electron chi connectivity index (χ3n) is 5.07. The fourth-order valence-electron chi connectivity index (χ4n) is 3.77. The summed E-state index contributed by atoms with van der Waals surface area (Å²) >= 11 is 0. The molecule has 3 rings (SSSR count). The van der Waals surface area contributed by atoms with E-state index < -0.39 is 16.1 Å². The minimum atomic E-state index is -3.25. The number of aliphatic hydroxyl groups excluding tert-OH is 1. The van der Waals surface area contributed by atoms with Gasteiger partial charge in [-0.1, -0.05) is 0 Å². The molecule has 2 fully saturated rings. The van der Waals surface area contributed by atoms with Crippen LogP contribution in [0.3, 0.4) is 0 Å². The van der Waals surface area contributed by atoms with Gasteiger partial charge in [-0.15, -0.1) is 0 Å². The number of piperidine rings is 1. The number of anilines is 1. The first-order valence-corrected chi connectivity index (χ1v) is 10.7. The van der Waals surface area contributed by atoms with Crippen molar-refractivity contribution in [3.8, 4) is 0 Å². The van der Waals surface area contributed by atoms with Gasteiger partial charge in [-0.2, -0.15) is 5.10 Å². The van der Waals surface area contributed by atoms with Crippen molar-refractivity contribution in [2.75, 3.05) is 24.2 Å². The largest absolute Gasteiger partial charge is 0.391 e. The molecule has 0 aromatic carbocycles. The molecule has 8 nitrogen and oxygen atoms in total. The van der Waals surface area contributed by atoms with E-state index in [9.17, 15) is 18.3 Å². The molecule has 2 N–H and O–H groups in total. The van der Waals surface area contributed by atoms with Gasteiger partial charge in [-0.05, 0) is 44.6 Å². The van der Waals surface area contributed by atoms with Gasteiger partial charge in [0.05, 0.1) is 18.4 Å². The van der Waals surface area contributed by atoms with Gasteiger partial charge in [-0.25, -0.2) is 17.8 Å². The summed E-state index contributed by atoms with van der Waals surface area (Å²) in [6.07, 6.45) is 5.84. The third-order valence-corrected chi connectivity index (χ3v) is 5.76. The van der Waals surface area contributed by atoms with Gasteiger partial charge >= 0.3 is 0 Å². The lowest BCUT2D eigenvalue weighted by Gasteiger charge is -2.37. The van der Waals surface area contributed by atoms with Crippen LogP contribution in [0.5, 0.6) is 0 Å². The Morgan fingerprint density at radius 1 is 1.24 bits per heavy atom. The SMILES string of the molecule is CS(=O)(=O)NCC1CCCCN1c1ccc(=O)n(C2CCCC2O)n1. The minimum absolute atomic E-state index is 0.00966. The lowest BCUT2D eigenvalue weighted by molar-refractivity contribution is 0.127. The lowest BCUT2D eigenvalue weighted by Crippen LogP contribution is -2.47. The van der Waals surface area contributed by atoms with Crippen LogP contribution in [0.1, 0.15) is 44.6 Å². The second kappa shape index (κ2) is 7.43. The van der Waals surface area contributed by atoms with Crippen LogP contribution in [-0.2, 0) is 10.0 Å². The van der Waals surface area contributed by atoms with E-state index in [2.05, 4.69) is 14.7 Å². The third kappa shape index (κ3) is 4.39. The zero-order valence-electron chi connectivity index (χ0n) is 14.5. The summed E-state index contributed by atoms with van der Waals surface area (Å²) in [4.78, 5) is 14.3. The van der Waals surface area contributed by atoms with E-state index in [4.69, 9.17) is 0 Å². The highest BCUT2D eigenvalue weighted by Gasteiger charge is 2.30. The number of rotatable bonds is 5. The molecule has 1 aromatic heterocycles. The first-order chi connectivity index (χ1) is 11.8. The van der Waals surface area contributed by atoms with Crippen molar-refractivity contribution in [1.29, 1.82) is 0 Å². The summed E-state index contributed by atoms with van der Waals surface area (Å²) in [6, 6.07) is 2.92. The molecule has 25 heavy (non-hydrogen) atoms. The zero-order chi connectivity index (χ0) is 18.0. The molecule has 2 heterocycles. The average molecular weight is 370 g/mol. The van der Waals surface area contributed by atoms with Crippen molar-refractivity contribution in [3.63, 3.8) is 0 Å². The Morgan fingerprint density at radius 3 is 2.72 bits per heavy atom. The molecular weight excluding hydrogens is 344 g/mol. The van der Waals surface area contributed by atoms with Crippen LogP contribution in [0.15, 0.2) is 16.9 Å². The summed E-state index contributed by atoms with van der Waals surface area (Å²) < 4.78 is 26.8. The van der Waals surface area contributed by atoms with Crippen molar-refractivity contribution in [2.24, 2.45) is 0 Å². The second-order valence-electron chi connectivity index (χ2n) is 7.00. The van der Waals surface area contributed by atoms with Gasteiger partial charge in [0.25, 0.3) is 5.56 Å². The number of hydrogen-bond donors (Lipinski definition) is 2. The molecule has 1 aliphatic heterocycles. The van der Waals surface area contributed by atoms with Crippen molar-refractivity contribution in [2.45, 2.75) is 56.7 Å². The van der Waals surface area contributed by atoms with Crippen LogP contribution in [0.2, 0.25) is 0 Å². The number of aromatic nitrogens is 2. The lowest BCUT2D eigenvalue weighted by atomic mass is 10.0. The number of aliphatic hydroxyl groups is 1. The molecule has 1 saturated carbocycles. The summed E-state index contributed by atoms with van der Waals surface area (Å²) in [7, 11) is -3.25. The molecule has 1 aliphatic carbocycles. The van der Waals surface area contributed by atoms with Crippen LogP contribution in [0.4, 0.5) is 5.82 Å². The van der Waals surface area contributed by atoms with E-state index >= 15 is 0 Å². The molecule has 0 bridgehead atoms. The number of sulfonamides is 1. The molecule has 3 atom stereocenters. The molecular formula is C16H26N4O4S. The van der Waals surface area contributed by atoms with Gasteiger partial charge in [-0.3, -0.25) is 4.79 Å². The summed E-state index contributed by atoms with van der Waals surface area (Å²) in [5, 5.41) is 14.6. The van der Waals surface area contributed by atoms with Gasteiger partial charge in [0.2, 0.25) is 10.0 Å². The summed E-state index contributed by atoms with van der Waals surface area (Å²) in [5.74, 6) is 0.665. The second-order valence-corrected chi connectivity index (χ2v) is 8.84. The molecule has 2 aliphatic rings. The van der Waals surface area contributed by atoms with Gasteiger partial charge in [0.1, 0.15) is 5.82 Å². The van der Waals surface area contributed by atoms with Crippen molar-refractivity contribution in [1.82, 2.24) is 14.5 Å². The van der Waals surface area contributed by atoms with Gasteiger partial charge < -0.3 is 10.0 Å². The van der Waals surface area contributed by atoms with E-state index in [1.165, 1.54) is 10.7 Å². The average Bonchev–Trinajstić information content (AvgIpc) is 2.99. The smallest absolute Gasteiger partial charge is 0.267 e. The molecule has 1 saturated heterocycles. The summed E-state index contributed by atoms with van der Waals surface area (Å²) in [6.45, 7) is 1.10. The van der Waals surface area contributed by atoms with Crippen LogP contribution < -0.4 is 15.2 Å². The molecule has 0 spiro atoms. The highest BCUT2D eigenvalue weighted by atomic mass is 32.2. The maximum atomic E-state index is 12.2. The quantitative estimate of drug-likeness (QED) is 0.769. The summed E-state index contributed by atoms with van der Waals surface area (Å²) in [5.41, 5.74) is -0.211. The molecule has 0 radical (unpaired) electrons. The number of nitrogens with zero attached hydrogens (tertiary/aromatic N) is 3. The Hall–Kier alpha value is -1.45. The Bertz CT molecular complexity index is 764. The molecule has 1 aromatic rings. The maximum absolute atomic E-state index is 12.2. The molecule has 9 heteroatoms. The predicted molar refractivity (Wildman–Crippen MR) is 95.2 cm³/mol. The highest BCUT2D eigenvalue weighted by molar-refractivity contribution is 7.88. The van der Waals surface area contributed by atoms with Crippen LogP contribution >= 0.6 is 0 Å². The van der Waals surface area contributed by atoms with E-state index in [1.807, 2.05) is 0 Å². The maximum Gasteiger partial charge on any atom is 0.267 e. The van der Waals surface area contributed by atoms with Gasteiger partial charge in [0.15, 0.2) is 0 Å². The van der Waals surface area contributed by atoms with E-state index in [-0.39, 0.29) is 17.6 Å². The first-order valence-electron chi connectivity index (χ1n) is 8.84. The molecule has 140 valence electrons. The topological polar surface area (TPSA) is 105 Å². The normalized spacial score (nSPS) is 27.6. The van der Waals surface area contributed by atoms with Crippen molar-refractivity contribution < 1.29 is 13.5 Å². The van der Waals surface area contributed by atoms with Crippen LogP contribution in [-0.4, -0.2) is 54.8 Å². The standard InChI is InChI=1S/C16H26N4O4S/c1-25(23,24)17-11-12-5-2-3-10-19(12)15-8-9-16(22)20(18-15)13-6-4-7-14(13)21/h8-9,12-14,17,21H,2-7,10-11H2,1H3. The van der Waals surface area contributed by atoms with Crippen LogP contribution in [0, 0.1) is 0 Å². The Labute approximate surface area is 147 Å². The Kier molecular flexibility index (Phi) is 5.45. The fraction of sp³-hybridized carbons (Fsp3) is 0.750. The predicted octanol–water partition coefficient (Wildman–Crippen LogP) is 0.237. The monoisotopic (exact) mass is 370 g/mol. The number of hydrogen-bond acceptors (Lipinski definition) is 6. The van der Waals surface area contributed by atoms with Crippen molar-refractivity contribution in [3.05, 3.63) is 22.5 Å². The van der Waals surface area contributed by atoms with E-state index in [0.29, 0.717) is 18.8 Å².